The molecular formula is C17H12ClFN2O2S. The first-order chi connectivity index (χ1) is 11.4. The molecule has 24 heavy (non-hydrogen) atoms. The van der Waals surface area contributed by atoms with Gasteiger partial charge in [-0.1, -0.05) is 29.8 Å². The number of nitrogens with zero attached hydrogens (tertiary/aromatic N) is 1. The van der Waals surface area contributed by atoms with Crippen molar-refractivity contribution in [2.75, 3.05) is 10.2 Å². The molecule has 2 aromatic rings. The van der Waals surface area contributed by atoms with E-state index in [-0.39, 0.29) is 16.8 Å². The van der Waals surface area contributed by atoms with E-state index in [0.717, 1.165) is 5.56 Å². The Balaban J connectivity index is 1.95. The summed E-state index contributed by atoms with van der Waals surface area (Å²) in [6, 6.07) is 11.3. The zero-order valence-corrected chi connectivity index (χ0v) is 14.1. The largest absolute Gasteiger partial charge is 0.323 e. The molecule has 4 nitrogen and oxygen atoms in total. The molecule has 0 bridgehead atoms. The highest BCUT2D eigenvalue weighted by Gasteiger charge is 2.60. The lowest BCUT2D eigenvalue weighted by atomic mass is 10.0. The van der Waals surface area contributed by atoms with E-state index < -0.39 is 15.9 Å². The van der Waals surface area contributed by atoms with Crippen molar-refractivity contribution in [1.82, 2.24) is 0 Å². The molecule has 2 unspecified atom stereocenters. The van der Waals surface area contributed by atoms with Crippen molar-refractivity contribution in [3.63, 3.8) is 0 Å². The summed E-state index contributed by atoms with van der Waals surface area (Å²) in [4.78, 5) is 25.9. The van der Waals surface area contributed by atoms with Crippen molar-refractivity contribution in [2.24, 2.45) is 0 Å². The van der Waals surface area contributed by atoms with Gasteiger partial charge in [-0.3, -0.25) is 14.5 Å². The van der Waals surface area contributed by atoms with Gasteiger partial charge in [-0.2, -0.15) is 0 Å². The number of benzene rings is 2. The van der Waals surface area contributed by atoms with Crippen LogP contribution in [-0.4, -0.2) is 17.1 Å². The molecule has 2 aliphatic heterocycles. The fraction of sp³-hybridized carbons (Fsp3) is 0.176. The maximum atomic E-state index is 13.5. The predicted molar refractivity (Wildman–Crippen MR) is 92.7 cm³/mol. The molecule has 4 rings (SSSR count). The summed E-state index contributed by atoms with van der Waals surface area (Å²) in [7, 11) is 0. The van der Waals surface area contributed by atoms with Gasteiger partial charge in [-0.25, -0.2) is 4.39 Å². The molecule has 0 saturated carbocycles. The number of fused-ring (bicyclic) bond motifs is 2. The van der Waals surface area contributed by atoms with Crippen LogP contribution in [0.2, 0.25) is 5.02 Å². The van der Waals surface area contributed by atoms with Crippen LogP contribution in [0.1, 0.15) is 12.5 Å². The molecule has 1 spiro atoms. The van der Waals surface area contributed by atoms with Crippen molar-refractivity contribution in [1.29, 1.82) is 0 Å². The van der Waals surface area contributed by atoms with Gasteiger partial charge in [0.1, 0.15) is 5.82 Å². The molecule has 2 aliphatic rings. The Morgan fingerprint density at radius 2 is 2.00 bits per heavy atom. The molecule has 1 saturated heterocycles. The molecule has 122 valence electrons. The van der Waals surface area contributed by atoms with Crippen LogP contribution in [0.25, 0.3) is 0 Å². The van der Waals surface area contributed by atoms with Gasteiger partial charge in [0.05, 0.1) is 10.3 Å². The maximum absolute atomic E-state index is 13.5. The molecule has 2 atom stereocenters. The summed E-state index contributed by atoms with van der Waals surface area (Å²) in [6.45, 7) is 1.76. The number of nitrogens with one attached hydrogen (secondary N) is 1. The lowest BCUT2D eigenvalue weighted by molar-refractivity contribution is -0.122. The third-order valence-corrected chi connectivity index (χ3v) is 6.01. The van der Waals surface area contributed by atoms with E-state index in [1.807, 2.05) is 18.2 Å². The van der Waals surface area contributed by atoms with Crippen molar-refractivity contribution in [3.8, 4) is 0 Å². The Morgan fingerprint density at radius 1 is 1.25 bits per heavy atom. The summed E-state index contributed by atoms with van der Waals surface area (Å²) in [5, 5.41) is 2.33. The van der Waals surface area contributed by atoms with E-state index in [1.165, 1.54) is 34.9 Å². The van der Waals surface area contributed by atoms with E-state index in [2.05, 4.69) is 5.32 Å². The fourth-order valence-electron chi connectivity index (χ4n) is 3.19. The molecule has 0 aromatic heterocycles. The summed E-state index contributed by atoms with van der Waals surface area (Å²) in [6.07, 6.45) is 0. The van der Waals surface area contributed by atoms with Crippen LogP contribution in [0.15, 0.2) is 42.5 Å². The average Bonchev–Trinajstić information content (AvgIpc) is 2.98. The van der Waals surface area contributed by atoms with Gasteiger partial charge in [0, 0.05) is 16.9 Å². The van der Waals surface area contributed by atoms with Crippen LogP contribution in [0.4, 0.5) is 15.8 Å². The van der Waals surface area contributed by atoms with E-state index in [4.69, 9.17) is 11.6 Å². The van der Waals surface area contributed by atoms with Crippen LogP contribution in [0.3, 0.4) is 0 Å². The first-order valence-electron chi connectivity index (χ1n) is 7.33. The number of hydrogen-bond acceptors (Lipinski definition) is 3. The van der Waals surface area contributed by atoms with Gasteiger partial charge in [0.25, 0.3) is 5.91 Å². The Hall–Kier alpha value is -2.05. The number of carbonyl (C=O) groups excluding carboxylic acids is 2. The molecule has 2 aromatic carbocycles. The van der Waals surface area contributed by atoms with Gasteiger partial charge in [-0.05, 0) is 31.2 Å². The number of para-hydroxylation sites is 1. The minimum Gasteiger partial charge on any atom is -0.323 e. The van der Waals surface area contributed by atoms with Gasteiger partial charge >= 0.3 is 0 Å². The van der Waals surface area contributed by atoms with E-state index >= 15 is 0 Å². The molecule has 7 heteroatoms. The SMILES string of the molecule is CC1SC2(C(=O)Nc3ccccc32)N(c2ccc(F)c(Cl)c2)C1=O. The van der Waals surface area contributed by atoms with Crippen LogP contribution in [-0.2, 0) is 14.5 Å². The third-order valence-electron chi connectivity index (χ3n) is 4.24. The normalized spacial score (nSPS) is 25.3. The lowest BCUT2D eigenvalue weighted by Crippen LogP contribution is -2.47. The number of hydrogen-bond donors (Lipinski definition) is 1. The average molecular weight is 363 g/mol. The van der Waals surface area contributed by atoms with Gasteiger partial charge in [0.15, 0.2) is 0 Å². The van der Waals surface area contributed by atoms with Crippen molar-refractivity contribution < 1.29 is 14.0 Å². The standard InChI is InChI=1S/C17H12ClFN2O2S/c1-9-15(22)21(10-6-7-13(19)12(18)8-10)17(24-9)11-4-2-3-5-14(11)20-16(17)23/h2-9H,1H3,(H,20,23). The summed E-state index contributed by atoms with van der Waals surface area (Å²) in [5.74, 6) is -1.07. The molecule has 1 N–H and O–H groups in total. The van der Waals surface area contributed by atoms with Crippen LogP contribution in [0, 0.1) is 5.82 Å². The molecule has 2 amide bonds. The first kappa shape index (κ1) is 15.5. The zero-order chi connectivity index (χ0) is 17.1. The first-order valence-corrected chi connectivity index (χ1v) is 8.59. The second-order valence-electron chi connectivity index (χ2n) is 5.68. The zero-order valence-electron chi connectivity index (χ0n) is 12.5. The number of amides is 2. The molecule has 0 radical (unpaired) electrons. The Bertz CT molecular complexity index is 891. The highest BCUT2D eigenvalue weighted by atomic mass is 35.5. The minimum absolute atomic E-state index is 0.0910. The van der Waals surface area contributed by atoms with Crippen molar-refractivity contribution in [3.05, 3.63) is 58.9 Å². The smallest absolute Gasteiger partial charge is 0.266 e. The topological polar surface area (TPSA) is 49.4 Å². The lowest BCUT2D eigenvalue weighted by Gasteiger charge is -2.32. The number of thioether (sulfide) groups is 1. The summed E-state index contributed by atoms with van der Waals surface area (Å²) in [5.41, 5.74) is 1.79. The predicted octanol–water partition coefficient (Wildman–Crippen LogP) is 3.75. The van der Waals surface area contributed by atoms with Crippen LogP contribution in [0.5, 0.6) is 0 Å². The maximum Gasteiger partial charge on any atom is 0.266 e. The van der Waals surface area contributed by atoms with Gasteiger partial charge < -0.3 is 5.32 Å². The van der Waals surface area contributed by atoms with Gasteiger partial charge in [-0.15, -0.1) is 11.8 Å². The summed E-state index contributed by atoms with van der Waals surface area (Å²) < 4.78 is 13.5. The third kappa shape index (κ3) is 1.93. The number of halogens is 2. The monoisotopic (exact) mass is 362 g/mol. The van der Waals surface area contributed by atoms with Crippen LogP contribution < -0.4 is 10.2 Å². The highest BCUT2D eigenvalue weighted by molar-refractivity contribution is 8.03. The fourth-order valence-corrected chi connectivity index (χ4v) is 4.84. The minimum atomic E-state index is -1.20. The quantitative estimate of drug-likeness (QED) is 0.840. The van der Waals surface area contributed by atoms with Crippen molar-refractivity contribution in [2.45, 2.75) is 17.0 Å². The Kier molecular flexibility index (Phi) is 3.37. The molecule has 0 aliphatic carbocycles. The van der Waals surface area contributed by atoms with Gasteiger partial charge in [0.2, 0.25) is 10.8 Å². The van der Waals surface area contributed by atoms with E-state index in [0.29, 0.717) is 11.4 Å². The van der Waals surface area contributed by atoms with Crippen molar-refractivity contribution >= 4 is 46.6 Å². The molecule has 2 heterocycles. The molecule has 1 fully saturated rings. The summed E-state index contributed by atoms with van der Waals surface area (Å²) >= 11 is 7.16. The molecular weight excluding hydrogens is 351 g/mol. The number of rotatable bonds is 1. The van der Waals surface area contributed by atoms with E-state index in [9.17, 15) is 14.0 Å². The second kappa shape index (κ2) is 5.22. The second-order valence-corrected chi connectivity index (χ2v) is 7.62. The number of anilines is 2. The highest BCUT2D eigenvalue weighted by Crippen LogP contribution is 2.56. The Morgan fingerprint density at radius 3 is 2.75 bits per heavy atom. The number of carbonyl (C=O) groups is 2. The Labute approximate surface area is 147 Å². The van der Waals surface area contributed by atoms with E-state index in [1.54, 1.807) is 13.0 Å². The van der Waals surface area contributed by atoms with Crippen LogP contribution >= 0.6 is 23.4 Å².